The lowest BCUT2D eigenvalue weighted by molar-refractivity contribution is -0.111. The lowest BCUT2D eigenvalue weighted by atomic mass is 10.2. The molecule has 0 spiro atoms. The smallest absolute Gasteiger partial charge is 0.350 e. The third-order valence-corrected chi connectivity index (χ3v) is 6.03. The van der Waals surface area contributed by atoms with E-state index in [2.05, 4.69) is 26.2 Å². The van der Waals surface area contributed by atoms with Gasteiger partial charge in [-0.05, 0) is 59.1 Å². The number of carbonyl (C=O) groups is 2. The van der Waals surface area contributed by atoms with Crippen LogP contribution in [-0.4, -0.2) is 30.6 Å². The van der Waals surface area contributed by atoms with E-state index in [0.29, 0.717) is 38.3 Å². The summed E-state index contributed by atoms with van der Waals surface area (Å²) in [7, 11) is 1.56. The van der Waals surface area contributed by atoms with Crippen molar-refractivity contribution in [3.8, 4) is 11.5 Å². The van der Waals surface area contributed by atoms with Crippen LogP contribution in [0.5, 0.6) is 11.5 Å². The summed E-state index contributed by atoms with van der Waals surface area (Å²) in [5, 5.41) is 3.00. The second kappa shape index (κ2) is 11.6. The van der Waals surface area contributed by atoms with Crippen LogP contribution in [0, 0.1) is 6.92 Å². The van der Waals surface area contributed by atoms with Crippen molar-refractivity contribution in [1.29, 1.82) is 0 Å². The lowest BCUT2D eigenvalue weighted by Gasteiger charge is -2.13. The van der Waals surface area contributed by atoms with Crippen molar-refractivity contribution in [2.24, 2.45) is 0 Å². The van der Waals surface area contributed by atoms with Crippen LogP contribution >= 0.6 is 27.3 Å². The number of hydrogen-bond donors (Lipinski definition) is 1. The topological polar surface area (TPSA) is 86.8 Å². The lowest BCUT2D eigenvalue weighted by Crippen LogP contribution is -2.07. The van der Waals surface area contributed by atoms with Crippen LogP contribution in [0.2, 0.25) is 0 Å². The minimum Gasteiger partial charge on any atom is -0.493 e. The highest BCUT2D eigenvalue weighted by Crippen LogP contribution is 2.37. The summed E-state index contributed by atoms with van der Waals surface area (Å²) in [6.07, 6.45) is 3.03. The Morgan fingerprint density at radius 1 is 1.21 bits per heavy atom. The molecule has 0 unspecified atom stereocenters. The molecule has 1 N–H and O–H groups in total. The molecule has 7 nitrogen and oxygen atoms in total. The third-order valence-electron chi connectivity index (χ3n) is 4.39. The minimum atomic E-state index is -0.449. The first kappa shape index (κ1) is 24.5. The number of nitrogens with zero attached hydrogens (tertiary/aromatic N) is 1. The Hall–Kier alpha value is -3.17. The van der Waals surface area contributed by atoms with E-state index in [4.69, 9.17) is 14.2 Å². The molecular weight excluding hydrogens is 508 g/mol. The molecule has 1 amide bonds. The van der Waals surface area contributed by atoms with E-state index >= 15 is 0 Å². The van der Waals surface area contributed by atoms with Crippen LogP contribution in [0.4, 0.5) is 5.13 Å². The average Bonchev–Trinajstić information content (AvgIpc) is 3.17. The second-order valence-electron chi connectivity index (χ2n) is 6.78. The maximum absolute atomic E-state index is 12.4. The molecule has 33 heavy (non-hydrogen) atoms. The number of benzene rings is 2. The van der Waals surface area contributed by atoms with Gasteiger partial charge in [0.15, 0.2) is 16.6 Å². The summed E-state index contributed by atoms with van der Waals surface area (Å²) < 4.78 is 17.1. The number of amides is 1. The highest BCUT2D eigenvalue weighted by atomic mass is 79.9. The van der Waals surface area contributed by atoms with Gasteiger partial charge in [-0.15, -0.1) is 0 Å². The normalized spacial score (nSPS) is 10.8. The number of carbonyl (C=O) groups excluding carboxylic acids is 2. The fourth-order valence-electron chi connectivity index (χ4n) is 2.86. The minimum absolute atomic E-state index is 0.274. The predicted molar refractivity (Wildman–Crippen MR) is 132 cm³/mol. The van der Waals surface area contributed by atoms with E-state index in [-0.39, 0.29) is 12.5 Å². The summed E-state index contributed by atoms with van der Waals surface area (Å²) in [5.74, 6) is 0.288. The first-order valence-electron chi connectivity index (χ1n) is 10.1. The highest BCUT2D eigenvalue weighted by Gasteiger charge is 2.17. The van der Waals surface area contributed by atoms with Crippen molar-refractivity contribution in [3.05, 3.63) is 74.7 Å². The Bertz CT molecular complexity index is 1160. The Labute approximate surface area is 204 Å². The van der Waals surface area contributed by atoms with Crippen molar-refractivity contribution < 1.29 is 23.8 Å². The zero-order valence-corrected chi connectivity index (χ0v) is 20.8. The number of halogens is 1. The van der Waals surface area contributed by atoms with Gasteiger partial charge in [0.25, 0.3) is 0 Å². The molecule has 0 fully saturated rings. The predicted octanol–water partition coefficient (Wildman–Crippen LogP) is 5.63. The number of anilines is 1. The third kappa shape index (κ3) is 6.66. The number of methoxy groups -OCH3 is 1. The zero-order valence-electron chi connectivity index (χ0n) is 18.4. The van der Waals surface area contributed by atoms with Crippen LogP contribution in [0.25, 0.3) is 6.08 Å². The molecule has 1 aromatic heterocycles. The van der Waals surface area contributed by atoms with Gasteiger partial charge < -0.3 is 14.2 Å². The first-order valence-corrected chi connectivity index (χ1v) is 11.7. The maximum Gasteiger partial charge on any atom is 0.350 e. The van der Waals surface area contributed by atoms with E-state index in [0.717, 1.165) is 22.5 Å². The number of hydrogen-bond acceptors (Lipinski definition) is 7. The summed E-state index contributed by atoms with van der Waals surface area (Å²) in [6, 6.07) is 13.4. The summed E-state index contributed by atoms with van der Waals surface area (Å²) in [4.78, 5) is 28.9. The zero-order chi connectivity index (χ0) is 23.8. The Morgan fingerprint density at radius 3 is 2.67 bits per heavy atom. The van der Waals surface area contributed by atoms with Crippen molar-refractivity contribution in [3.63, 3.8) is 0 Å². The number of ether oxygens (including phenoxy) is 3. The molecule has 0 aliphatic carbocycles. The van der Waals surface area contributed by atoms with Crippen LogP contribution in [0.1, 0.15) is 33.4 Å². The summed E-state index contributed by atoms with van der Waals surface area (Å²) >= 11 is 4.59. The maximum atomic E-state index is 12.4. The van der Waals surface area contributed by atoms with Gasteiger partial charge in [-0.3, -0.25) is 10.1 Å². The van der Waals surface area contributed by atoms with Crippen molar-refractivity contribution in [1.82, 2.24) is 4.98 Å². The van der Waals surface area contributed by atoms with Gasteiger partial charge in [0.1, 0.15) is 11.5 Å². The Morgan fingerprint density at radius 2 is 1.97 bits per heavy atom. The van der Waals surface area contributed by atoms with E-state index < -0.39 is 5.97 Å². The van der Waals surface area contributed by atoms with E-state index in [1.165, 1.54) is 6.08 Å². The van der Waals surface area contributed by atoms with Gasteiger partial charge in [-0.2, -0.15) is 0 Å². The average molecular weight is 531 g/mol. The molecule has 0 bridgehead atoms. The van der Waals surface area contributed by atoms with Crippen molar-refractivity contribution in [2.75, 3.05) is 19.0 Å². The Balaban J connectivity index is 1.68. The van der Waals surface area contributed by atoms with Gasteiger partial charge in [0.2, 0.25) is 5.91 Å². The largest absolute Gasteiger partial charge is 0.493 e. The summed E-state index contributed by atoms with van der Waals surface area (Å²) in [5.41, 5.74) is 2.29. The molecule has 3 aromatic rings. The van der Waals surface area contributed by atoms with Crippen LogP contribution in [0.15, 0.2) is 53.0 Å². The van der Waals surface area contributed by atoms with Gasteiger partial charge in [0, 0.05) is 6.08 Å². The van der Waals surface area contributed by atoms with Gasteiger partial charge in [0.05, 0.1) is 23.9 Å². The molecule has 0 aliphatic rings. The Kier molecular flexibility index (Phi) is 8.62. The fraction of sp³-hybridized carbons (Fsp3) is 0.208. The molecular formula is C24H23BrN2O5S. The first-order chi connectivity index (χ1) is 15.9. The number of esters is 1. The van der Waals surface area contributed by atoms with E-state index in [1.807, 2.05) is 36.4 Å². The van der Waals surface area contributed by atoms with Crippen molar-refractivity contribution >= 4 is 50.4 Å². The van der Waals surface area contributed by atoms with Crippen molar-refractivity contribution in [2.45, 2.75) is 20.5 Å². The van der Waals surface area contributed by atoms with E-state index in [9.17, 15) is 9.59 Å². The molecule has 172 valence electrons. The molecule has 3 rings (SSSR count). The van der Waals surface area contributed by atoms with E-state index in [1.54, 1.807) is 33.1 Å². The highest BCUT2D eigenvalue weighted by molar-refractivity contribution is 9.10. The summed E-state index contributed by atoms with van der Waals surface area (Å²) in [6.45, 7) is 4.10. The van der Waals surface area contributed by atoms with Gasteiger partial charge >= 0.3 is 5.97 Å². The SMILES string of the molecule is CCOC(=O)c1sc(NC(=O)/C=C/c2cc(Br)c(OCc3ccccc3)c(OC)c2)nc1C. The van der Waals surface area contributed by atoms with Gasteiger partial charge in [-0.1, -0.05) is 41.7 Å². The molecule has 1 heterocycles. The number of nitrogens with one attached hydrogen (secondary N) is 1. The second-order valence-corrected chi connectivity index (χ2v) is 8.64. The monoisotopic (exact) mass is 530 g/mol. The quantitative estimate of drug-likeness (QED) is 0.285. The molecule has 0 saturated heterocycles. The van der Waals surface area contributed by atoms with Crippen LogP contribution < -0.4 is 14.8 Å². The molecule has 0 radical (unpaired) electrons. The number of thiazole rings is 1. The molecule has 2 aromatic carbocycles. The number of aromatic nitrogens is 1. The number of rotatable bonds is 9. The molecule has 0 saturated carbocycles. The molecule has 9 heteroatoms. The molecule has 0 atom stereocenters. The molecule has 0 aliphatic heterocycles. The van der Waals surface area contributed by atoms with Crippen LogP contribution in [0.3, 0.4) is 0 Å². The van der Waals surface area contributed by atoms with Crippen LogP contribution in [-0.2, 0) is 16.1 Å². The van der Waals surface area contributed by atoms with Gasteiger partial charge in [-0.25, -0.2) is 9.78 Å². The number of aryl methyl sites for hydroxylation is 1. The fourth-order valence-corrected chi connectivity index (χ4v) is 4.30. The standard InChI is InChI=1S/C24H23BrN2O5S/c1-4-31-23(29)22-15(2)26-24(33-22)27-20(28)11-10-17-12-18(25)21(19(13-17)30-3)32-14-16-8-6-5-7-9-16/h5-13H,4,14H2,1-3H3,(H,26,27,28)/b11-10+.